The number of aromatic nitrogens is 2. The van der Waals surface area contributed by atoms with Crippen molar-refractivity contribution >= 4 is 28.5 Å². The lowest BCUT2D eigenvalue weighted by molar-refractivity contribution is -0.119. The number of anilines is 1. The predicted molar refractivity (Wildman–Crippen MR) is 142 cm³/mol. The SMILES string of the molecule is COc1ccc(C(=O)NCCCc2nc3ccccc3n2CC(=O)N(c2ccccc2)C(C)C)cc1. The molecule has 1 aromatic heterocycles. The van der Waals surface area contributed by atoms with E-state index in [0.717, 1.165) is 22.5 Å². The molecule has 186 valence electrons. The van der Waals surface area contributed by atoms with Gasteiger partial charge in [0, 0.05) is 30.3 Å². The molecular formula is C29H32N4O3. The van der Waals surface area contributed by atoms with E-state index in [0.29, 0.717) is 30.7 Å². The molecule has 1 N–H and O–H groups in total. The second-order valence-electron chi connectivity index (χ2n) is 8.88. The first-order valence-electron chi connectivity index (χ1n) is 12.2. The minimum Gasteiger partial charge on any atom is -0.497 e. The number of rotatable bonds is 10. The maximum absolute atomic E-state index is 13.5. The highest BCUT2D eigenvalue weighted by molar-refractivity contribution is 5.95. The van der Waals surface area contributed by atoms with Crippen molar-refractivity contribution in [1.29, 1.82) is 0 Å². The van der Waals surface area contributed by atoms with Gasteiger partial charge in [-0.15, -0.1) is 0 Å². The molecule has 0 atom stereocenters. The number of ether oxygens (including phenoxy) is 1. The lowest BCUT2D eigenvalue weighted by Crippen LogP contribution is -2.39. The van der Waals surface area contributed by atoms with E-state index in [1.807, 2.05) is 77.9 Å². The van der Waals surface area contributed by atoms with Gasteiger partial charge in [-0.2, -0.15) is 0 Å². The number of carbonyl (C=O) groups is 2. The topological polar surface area (TPSA) is 76.5 Å². The number of carbonyl (C=O) groups excluding carboxylic acids is 2. The van der Waals surface area contributed by atoms with E-state index in [9.17, 15) is 9.59 Å². The fourth-order valence-electron chi connectivity index (χ4n) is 4.32. The zero-order valence-corrected chi connectivity index (χ0v) is 21.0. The molecule has 0 aliphatic rings. The third-order valence-corrected chi connectivity index (χ3v) is 6.06. The number of fused-ring (bicyclic) bond motifs is 1. The molecule has 2 amide bonds. The van der Waals surface area contributed by atoms with Gasteiger partial charge in [-0.05, 0) is 68.8 Å². The van der Waals surface area contributed by atoms with Crippen LogP contribution in [0.2, 0.25) is 0 Å². The van der Waals surface area contributed by atoms with Gasteiger partial charge in [-0.3, -0.25) is 9.59 Å². The molecule has 7 heteroatoms. The molecule has 0 saturated heterocycles. The van der Waals surface area contributed by atoms with E-state index in [1.165, 1.54) is 0 Å². The molecule has 0 radical (unpaired) electrons. The lowest BCUT2D eigenvalue weighted by Gasteiger charge is -2.27. The molecule has 0 spiro atoms. The summed E-state index contributed by atoms with van der Waals surface area (Å²) in [6.45, 7) is 4.73. The van der Waals surface area contributed by atoms with Crippen LogP contribution < -0.4 is 15.0 Å². The highest BCUT2D eigenvalue weighted by atomic mass is 16.5. The molecule has 0 unspecified atom stereocenters. The van der Waals surface area contributed by atoms with Crippen LogP contribution in [0.5, 0.6) is 5.75 Å². The largest absolute Gasteiger partial charge is 0.497 e. The number of para-hydroxylation sites is 3. The Morgan fingerprint density at radius 1 is 0.972 bits per heavy atom. The van der Waals surface area contributed by atoms with Gasteiger partial charge in [0.05, 0.1) is 18.1 Å². The van der Waals surface area contributed by atoms with Gasteiger partial charge >= 0.3 is 0 Å². The van der Waals surface area contributed by atoms with Gasteiger partial charge in [0.2, 0.25) is 5.91 Å². The highest BCUT2D eigenvalue weighted by Crippen LogP contribution is 2.21. The summed E-state index contributed by atoms with van der Waals surface area (Å²) in [7, 11) is 1.60. The van der Waals surface area contributed by atoms with Crippen molar-refractivity contribution in [3.8, 4) is 5.75 Å². The quantitative estimate of drug-likeness (QED) is 0.327. The Balaban J connectivity index is 1.45. The van der Waals surface area contributed by atoms with Crippen LogP contribution in [-0.4, -0.2) is 41.1 Å². The first kappa shape index (κ1) is 25.0. The third kappa shape index (κ3) is 5.74. The van der Waals surface area contributed by atoms with Crippen molar-refractivity contribution in [1.82, 2.24) is 14.9 Å². The van der Waals surface area contributed by atoms with Crippen molar-refractivity contribution in [3.05, 3.63) is 90.3 Å². The zero-order chi connectivity index (χ0) is 25.5. The summed E-state index contributed by atoms with van der Waals surface area (Å²) >= 11 is 0. The number of hydrogen-bond donors (Lipinski definition) is 1. The molecule has 3 aromatic carbocycles. The van der Waals surface area contributed by atoms with Crippen LogP contribution in [0.1, 0.15) is 36.5 Å². The Hall–Kier alpha value is -4.13. The molecule has 36 heavy (non-hydrogen) atoms. The van der Waals surface area contributed by atoms with Crippen LogP contribution in [-0.2, 0) is 17.8 Å². The summed E-state index contributed by atoms with van der Waals surface area (Å²) in [4.78, 5) is 32.6. The monoisotopic (exact) mass is 484 g/mol. The summed E-state index contributed by atoms with van der Waals surface area (Å²) in [5.41, 5.74) is 3.26. The van der Waals surface area contributed by atoms with E-state index >= 15 is 0 Å². The minimum atomic E-state index is -0.128. The molecule has 0 aliphatic heterocycles. The lowest BCUT2D eigenvalue weighted by atomic mass is 10.2. The fourth-order valence-corrected chi connectivity index (χ4v) is 4.32. The number of imidazole rings is 1. The van der Waals surface area contributed by atoms with E-state index in [2.05, 4.69) is 5.32 Å². The number of aryl methyl sites for hydroxylation is 1. The van der Waals surface area contributed by atoms with Gasteiger partial charge in [0.1, 0.15) is 18.1 Å². The Bertz CT molecular complexity index is 1310. The molecule has 1 heterocycles. The molecule has 7 nitrogen and oxygen atoms in total. The van der Waals surface area contributed by atoms with Crippen LogP contribution in [0, 0.1) is 0 Å². The maximum Gasteiger partial charge on any atom is 0.251 e. The van der Waals surface area contributed by atoms with Gasteiger partial charge in [0.15, 0.2) is 0 Å². The summed E-state index contributed by atoms with van der Waals surface area (Å²) in [5, 5.41) is 2.96. The summed E-state index contributed by atoms with van der Waals surface area (Å²) in [6.07, 6.45) is 1.34. The first-order valence-corrected chi connectivity index (χ1v) is 12.2. The second kappa shape index (κ2) is 11.5. The van der Waals surface area contributed by atoms with E-state index in [1.54, 1.807) is 31.4 Å². The normalized spacial score (nSPS) is 11.0. The van der Waals surface area contributed by atoms with Crippen molar-refractivity contribution in [2.45, 2.75) is 39.3 Å². The number of nitrogens with one attached hydrogen (secondary N) is 1. The van der Waals surface area contributed by atoms with Crippen LogP contribution in [0.3, 0.4) is 0 Å². The maximum atomic E-state index is 13.5. The summed E-state index contributed by atoms with van der Waals surface area (Å²) < 4.78 is 7.15. The van der Waals surface area contributed by atoms with Crippen LogP contribution in [0.4, 0.5) is 5.69 Å². The van der Waals surface area contributed by atoms with Crippen molar-refractivity contribution < 1.29 is 14.3 Å². The Kier molecular flexibility index (Phi) is 8.00. The van der Waals surface area contributed by atoms with E-state index in [4.69, 9.17) is 9.72 Å². The number of hydrogen-bond acceptors (Lipinski definition) is 4. The predicted octanol–water partition coefficient (Wildman–Crippen LogP) is 4.85. The van der Waals surface area contributed by atoms with Gasteiger partial charge in [-0.25, -0.2) is 4.98 Å². The Labute approximate surface area is 211 Å². The van der Waals surface area contributed by atoms with Gasteiger partial charge < -0.3 is 19.5 Å². The van der Waals surface area contributed by atoms with E-state index in [-0.39, 0.29) is 24.4 Å². The van der Waals surface area contributed by atoms with Crippen molar-refractivity contribution in [3.63, 3.8) is 0 Å². The molecule has 0 bridgehead atoms. The fraction of sp³-hybridized carbons (Fsp3) is 0.276. The highest BCUT2D eigenvalue weighted by Gasteiger charge is 2.21. The zero-order valence-electron chi connectivity index (χ0n) is 21.0. The second-order valence-corrected chi connectivity index (χ2v) is 8.88. The third-order valence-electron chi connectivity index (χ3n) is 6.06. The smallest absolute Gasteiger partial charge is 0.251 e. The van der Waals surface area contributed by atoms with Crippen LogP contribution in [0.15, 0.2) is 78.9 Å². The molecule has 4 aromatic rings. The minimum absolute atomic E-state index is 0.00779. The Morgan fingerprint density at radius 2 is 1.67 bits per heavy atom. The number of benzene rings is 3. The molecule has 0 aliphatic carbocycles. The average molecular weight is 485 g/mol. The van der Waals surface area contributed by atoms with Crippen molar-refractivity contribution in [2.24, 2.45) is 0 Å². The van der Waals surface area contributed by atoms with E-state index < -0.39 is 0 Å². The number of methoxy groups -OCH3 is 1. The van der Waals surface area contributed by atoms with Gasteiger partial charge in [-0.1, -0.05) is 30.3 Å². The average Bonchev–Trinajstić information content (AvgIpc) is 3.24. The summed E-state index contributed by atoms with van der Waals surface area (Å²) in [5.74, 6) is 1.42. The van der Waals surface area contributed by atoms with Crippen LogP contribution in [0.25, 0.3) is 11.0 Å². The van der Waals surface area contributed by atoms with Gasteiger partial charge in [0.25, 0.3) is 5.91 Å². The summed E-state index contributed by atoms with van der Waals surface area (Å²) in [6, 6.07) is 24.6. The molecule has 4 rings (SSSR count). The molecule has 0 fully saturated rings. The Morgan fingerprint density at radius 3 is 2.36 bits per heavy atom. The number of nitrogens with zero attached hydrogens (tertiary/aromatic N) is 3. The first-order chi connectivity index (χ1) is 17.5. The van der Waals surface area contributed by atoms with Crippen molar-refractivity contribution in [2.75, 3.05) is 18.6 Å². The molecule has 0 saturated carbocycles. The molecular weight excluding hydrogens is 452 g/mol. The standard InChI is InChI=1S/C29H32N4O3/c1-21(2)33(23-10-5-4-6-11-23)28(34)20-32-26-13-8-7-12-25(26)31-27(32)14-9-19-30-29(35)22-15-17-24(36-3)18-16-22/h4-8,10-13,15-18,21H,9,14,19-20H2,1-3H3,(H,30,35). The number of amides is 2. The van der Waals surface area contributed by atoms with Crippen LogP contribution >= 0.6 is 0 Å².